The molecule has 0 saturated carbocycles. The second kappa shape index (κ2) is 6.11. The van der Waals surface area contributed by atoms with Gasteiger partial charge in [0.25, 0.3) is 0 Å². The van der Waals surface area contributed by atoms with E-state index in [9.17, 15) is 14.0 Å². The van der Waals surface area contributed by atoms with Gasteiger partial charge in [-0.05, 0) is 6.42 Å². The number of rotatable bonds is 4. The Morgan fingerprint density at radius 1 is 1.58 bits per heavy atom. The van der Waals surface area contributed by atoms with Gasteiger partial charge in [0.1, 0.15) is 12.0 Å². The lowest BCUT2D eigenvalue weighted by molar-refractivity contribution is -0.115. The molecule has 0 atom stereocenters. The maximum absolute atomic E-state index is 13.8. The highest BCUT2D eigenvalue weighted by atomic mass is 35.5. The summed E-state index contributed by atoms with van der Waals surface area (Å²) in [5.41, 5.74) is -0.980. The molecule has 0 aliphatic rings. The molecule has 0 aromatic carbocycles. The van der Waals surface area contributed by atoms with E-state index >= 15 is 0 Å². The molecule has 0 fully saturated rings. The second-order valence-corrected chi connectivity index (χ2v) is 3.81. The van der Waals surface area contributed by atoms with E-state index in [4.69, 9.17) is 22.0 Å². The van der Waals surface area contributed by atoms with Gasteiger partial charge in [-0.3, -0.25) is 4.79 Å². The van der Waals surface area contributed by atoms with Gasteiger partial charge in [-0.25, -0.2) is 14.2 Å². The van der Waals surface area contributed by atoms with Crippen LogP contribution in [-0.2, 0) is 11.2 Å². The molecule has 1 aromatic heterocycles. The van der Waals surface area contributed by atoms with Crippen molar-refractivity contribution >= 4 is 29.2 Å². The van der Waals surface area contributed by atoms with Crippen LogP contribution >= 0.6 is 11.6 Å². The van der Waals surface area contributed by atoms with Gasteiger partial charge < -0.3 is 10.4 Å². The quantitative estimate of drug-likeness (QED) is 0.823. The lowest BCUT2D eigenvalue weighted by Crippen LogP contribution is -2.18. The van der Waals surface area contributed by atoms with Crippen LogP contribution in [-0.4, -0.2) is 22.0 Å². The summed E-state index contributed by atoms with van der Waals surface area (Å²) in [4.78, 5) is 26.1. The maximum atomic E-state index is 13.8. The van der Waals surface area contributed by atoms with Crippen molar-refractivity contribution in [1.29, 1.82) is 5.26 Å². The summed E-state index contributed by atoms with van der Waals surface area (Å²) in [6.07, 6.45) is -0.331. The largest absolute Gasteiger partial charge is 0.478 e. The Morgan fingerprint density at radius 2 is 2.21 bits per heavy atom. The molecule has 8 heteroatoms. The average Bonchev–Trinajstić information content (AvgIpc) is 2.34. The van der Waals surface area contributed by atoms with Crippen molar-refractivity contribution < 1.29 is 19.1 Å². The van der Waals surface area contributed by atoms with Crippen LogP contribution in [0.1, 0.15) is 29.4 Å². The number of hydrogen-bond acceptors (Lipinski definition) is 4. The van der Waals surface area contributed by atoms with Gasteiger partial charge >= 0.3 is 5.97 Å². The number of amides is 1. The predicted molar refractivity (Wildman–Crippen MR) is 64.4 cm³/mol. The van der Waals surface area contributed by atoms with Crippen LogP contribution in [0, 0.1) is 17.1 Å². The van der Waals surface area contributed by atoms with Crippen molar-refractivity contribution in [3.8, 4) is 6.07 Å². The van der Waals surface area contributed by atoms with Gasteiger partial charge in [-0.15, -0.1) is 0 Å². The number of carbonyl (C=O) groups is 2. The summed E-state index contributed by atoms with van der Waals surface area (Å²) in [5.74, 6) is -3.40. The number of aromatic carboxylic acids is 1. The van der Waals surface area contributed by atoms with Gasteiger partial charge in [0.15, 0.2) is 11.0 Å². The maximum Gasteiger partial charge on any atom is 0.339 e. The van der Waals surface area contributed by atoms with E-state index in [1.54, 1.807) is 13.0 Å². The zero-order valence-electron chi connectivity index (χ0n) is 9.83. The smallest absolute Gasteiger partial charge is 0.339 e. The molecule has 100 valence electrons. The molecule has 0 aliphatic carbocycles. The van der Waals surface area contributed by atoms with Crippen molar-refractivity contribution in [1.82, 2.24) is 4.98 Å². The van der Waals surface area contributed by atoms with Crippen molar-refractivity contribution in [3.63, 3.8) is 0 Å². The molecule has 1 heterocycles. The minimum atomic E-state index is -1.44. The zero-order chi connectivity index (χ0) is 14.6. The number of nitriles is 1. The molecule has 0 bridgehead atoms. The number of anilines is 1. The fourth-order valence-electron chi connectivity index (χ4n) is 1.44. The number of carbonyl (C=O) groups excluding carboxylic acids is 1. The summed E-state index contributed by atoms with van der Waals surface area (Å²) in [5, 5.41) is 18.9. The van der Waals surface area contributed by atoms with Crippen LogP contribution in [0.2, 0.25) is 5.15 Å². The summed E-state index contributed by atoms with van der Waals surface area (Å²) in [6.45, 7) is 1.61. The first kappa shape index (κ1) is 14.9. The van der Waals surface area contributed by atoms with Crippen molar-refractivity contribution in [2.24, 2.45) is 0 Å². The Morgan fingerprint density at radius 3 is 2.68 bits per heavy atom. The van der Waals surface area contributed by atoms with Crippen LogP contribution in [0.5, 0.6) is 0 Å². The van der Waals surface area contributed by atoms with Crippen LogP contribution in [0.4, 0.5) is 10.1 Å². The number of nitrogens with zero attached hydrogens (tertiary/aromatic N) is 2. The number of carboxylic acid groups (broad SMARTS) is 1. The standard InChI is InChI=1S/C11H9ClFN3O3/c1-2-5-7(11(18)19)9(8(13)10(12)15-5)16-6(17)3-4-14/h2-3H2,1H3,(H,18,19)(H,15,16,17). The molecular formula is C11H9ClFN3O3. The molecular weight excluding hydrogens is 277 g/mol. The number of carboxylic acids is 1. The van der Waals surface area contributed by atoms with Crippen molar-refractivity contribution in [3.05, 3.63) is 22.2 Å². The topological polar surface area (TPSA) is 103 Å². The number of aryl methyl sites for hydroxylation is 1. The number of nitrogens with one attached hydrogen (secondary N) is 1. The third-order valence-corrected chi connectivity index (χ3v) is 2.48. The first-order valence-corrected chi connectivity index (χ1v) is 5.58. The molecule has 1 rings (SSSR count). The Bertz CT molecular complexity index is 584. The van der Waals surface area contributed by atoms with Crippen LogP contribution < -0.4 is 5.32 Å². The SMILES string of the molecule is CCc1nc(Cl)c(F)c(NC(=O)CC#N)c1C(=O)O. The van der Waals surface area contributed by atoms with Crippen molar-refractivity contribution in [2.45, 2.75) is 19.8 Å². The van der Waals surface area contributed by atoms with E-state index in [0.717, 1.165) is 0 Å². The summed E-state index contributed by atoms with van der Waals surface area (Å²) >= 11 is 5.54. The van der Waals surface area contributed by atoms with E-state index in [1.165, 1.54) is 0 Å². The third-order valence-electron chi connectivity index (χ3n) is 2.23. The highest BCUT2D eigenvalue weighted by Crippen LogP contribution is 2.28. The lowest BCUT2D eigenvalue weighted by atomic mass is 10.1. The fraction of sp³-hybridized carbons (Fsp3) is 0.273. The molecule has 0 radical (unpaired) electrons. The molecule has 1 aromatic rings. The van der Waals surface area contributed by atoms with Crippen LogP contribution in [0.3, 0.4) is 0 Å². The summed E-state index contributed by atoms with van der Waals surface area (Å²) in [6, 6.07) is 1.57. The number of hydrogen-bond donors (Lipinski definition) is 2. The molecule has 0 aliphatic heterocycles. The molecule has 0 saturated heterocycles. The van der Waals surface area contributed by atoms with E-state index in [0.29, 0.717) is 0 Å². The van der Waals surface area contributed by atoms with Gasteiger partial charge in [-0.2, -0.15) is 5.26 Å². The lowest BCUT2D eigenvalue weighted by Gasteiger charge is -2.12. The Balaban J connectivity index is 3.42. The number of halogens is 2. The Labute approximate surface area is 112 Å². The molecule has 6 nitrogen and oxygen atoms in total. The third kappa shape index (κ3) is 3.17. The van der Waals surface area contributed by atoms with Gasteiger partial charge in [0, 0.05) is 0 Å². The van der Waals surface area contributed by atoms with Gasteiger partial charge in [0.05, 0.1) is 17.5 Å². The minimum Gasteiger partial charge on any atom is -0.478 e. The summed E-state index contributed by atoms with van der Waals surface area (Å²) in [7, 11) is 0. The first-order chi connectivity index (χ1) is 8.92. The van der Waals surface area contributed by atoms with Gasteiger partial charge in [0.2, 0.25) is 5.91 Å². The van der Waals surface area contributed by atoms with E-state index in [2.05, 4.69) is 4.98 Å². The molecule has 0 spiro atoms. The minimum absolute atomic E-state index is 0.0474. The zero-order valence-corrected chi connectivity index (χ0v) is 10.6. The summed E-state index contributed by atoms with van der Waals surface area (Å²) < 4.78 is 13.8. The molecule has 19 heavy (non-hydrogen) atoms. The molecule has 0 unspecified atom stereocenters. The van der Waals surface area contributed by atoms with E-state index < -0.39 is 40.5 Å². The first-order valence-electron chi connectivity index (χ1n) is 5.20. The second-order valence-electron chi connectivity index (χ2n) is 3.46. The number of pyridine rings is 1. The Hall–Kier alpha value is -2.20. The van der Waals surface area contributed by atoms with E-state index in [-0.39, 0.29) is 12.1 Å². The fourth-order valence-corrected chi connectivity index (χ4v) is 1.64. The molecule has 1 amide bonds. The monoisotopic (exact) mass is 285 g/mol. The predicted octanol–water partition coefficient (Wildman–Crippen LogP) is 1.99. The number of aromatic nitrogens is 1. The average molecular weight is 286 g/mol. The Kier molecular flexibility index (Phi) is 4.78. The van der Waals surface area contributed by atoms with Crippen LogP contribution in [0.15, 0.2) is 0 Å². The van der Waals surface area contributed by atoms with Gasteiger partial charge in [-0.1, -0.05) is 18.5 Å². The highest BCUT2D eigenvalue weighted by Gasteiger charge is 2.24. The van der Waals surface area contributed by atoms with E-state index in [1.807, 2.05) is 5.32 Å². The normalized spacial score (nSPS) is 9.79. The van der Waals surface area contributed by atoms with Crippen molar-refractivity contribution in [2.75, 3.05) is 5.32 Å². The highest BCUT2D eigenvalue weighted by molar-refractivity contribution is 6.30. The van der Waals surface area contributed by atoms with Crippen LogP contribution in [0.25, 0.3) is 0 Å². The molecule has 2 N–H and O–H groups in total.